The van der Waals surface area contributed by atoms with Crippen molar-refractivity contribution in [3.8, 4) is 0 Å². The number of ketones is 1. The van der Waals surface area contributed by atoms with Crippen molar-refractivity contribution >= 4 is 23.4 Å². The van der Waals surface area contributed by atoms with E-state index in [9.17, 15) is 9.35 Å². The fraction of sp³-hybridized carbons (Fsp3) is 0.333. The second kappa shape index (κ2) is 1.63. The molecule has 0 N–H and O–H groups in total. The largest absolute Gasteiger partial charge is 0.591 e. The molecule has 1 atom stereocenters. The van der Waals surface area contributed by atoms with Crippen LogP contribution in [-0.2, 0) is 16.2 Å². The van der Waals surface area contributed by atoms with E-state index in [1.54, 1.807) is 0 Å². The second-order valence-corrected chi connectivity index (χ2v) is 2.31. The second-order valence-electron chi connectivity index (χ2n) is 1.17. The Balaban J connectivity index is 2.58. The van der Waals surface area contributed by atoms with E-state index in [0.29, 0.717) is 0 Å². The van der Waals surface area contributed by atoms with Crippen LogP contribution in [0.2, 0.25) is 0 Å². The van der Waals surface area contributed by atoms with Gasteiger partial charge in [-0.05, 0) is 0 Å². The number of carbonyl (C=O) groups is 1. The summed E-state index contributed by atoms with van der Waals surface area (Å²) < 4.78 is 13.5. The van der Waals surface area contributed by atoms with Crippen LogP contribution in [0.15, 0.2) is 4.40 Å². The molecule has 0 aliphatic carbocycles. The summed E-state index contributed by atoms with van der Waals surface area (Å²) in [6.45, 7) is 0. The predicted octanol–water partition coefficient (Wildman–Crippen LogP) is -0.696. The molecule has 1 unspecified atom stereocenters. The van der Waals surface area contributed by atoms with Gasteiger partial charge in [-0.2, -0.15) is 0 Å². The molecule has 0 saturated heterocycles. The fourth-order valence-corrected chi connectivity index (χ4v) is 0.941. The molecule has 0 bridgehead atoms. The number of nitrogens with zero attached hydrogens (tertiary/aromatic N) is 1. The Bertz CT molecular complexity index is 122. The highest BCUT2D eigenvalue weighted by Crippen LogP contribution is 1.97. The van der Waals surface area contributed by atoms with Crippen molar-refractivity contribution in [2.24, 2.45) is 4.40 Å². The minimum Gasteiger partial charge on any atom is -0.591 e. The number of Topliss-reactive ketones (excluding diaryl/α,β-unsaturated/α-hetero) is 1. The summed E-state index contributed by atoms with van der Waals surface area (Å²) in [6, 6.07) is 0. The highest BCUT2D eigenvalue weighted by atomic mass is 32.2. The minimum atomic E-state index is -1.23. The van der Waals surface area contributed by atoms with Crippen LogP contribution in [0.1, 0.15) is 0 Å². The van der Waals surface area contributed by atoms with Gasteiger partial charge in [0.15, 0.2) is 5.75 Å². The molecule has 0 spiro atoms. The SMILES string of the molecule is O=C1C=N[S+]([O-])C1. The molecular formula is C3H3NO2S. The molecule has 7 heavy (non-hydrogen) atoms. The molecule has 0 saturated carbocycles. The molecule has 1 heterocycles. The molecule has 38 valence electrons. The standard InChI is InChI=1S/C3H3NO2S/c5-3-1-4-7(6)2-3/h1H,2H2. The lowest BCUT2D eigenvalue weighted by Gasteiger charge is -1.88. The number of hydrogen-bond donors (Lipinski definition) is 0. The smallest absolute Gasteiger partial charge is 0.230 e. The predicted molar refractivity (Wildman–Crippen MR) is 26.5 cm³/mol. The maximum absolute atomic E-state index is 10.1. The van der Waals surface area contributed by atoms with Crippen molar-refractivity contribution in [1.82, 2.24) is 0 Å². The van der Waals surface area contributed by atoms with E-state index in [1.807, 2.05) is 0 Å². The monoisotopic (exact) mass is 117 g/mol. The summed E-state index contributed by atoms with van der Waals surface area (Å²) >= 11 is -1.23. The lowest BCUT2D eigenvalue weighted by Crippen LogP contribution is -2.04. The Hall–Kier alpha value is -0.350. The van der Waals surface area contributed by atoms with Gasteiger partial charge in [-0.25, -0.2) is 0 Å². The average Bonchev–Trinajstić information content (AvgIpc) is 1.87. The van der Waals surface area contributed by atoms with Crippen molar-refractivity contribution in [2.45, 2.75) is 0 Å². The van der Waals surface area contributed by atoms with E-state index in [4.69, 9.17) is 0 Å². The summed E-state index contributed by atoms with van der Waals surface area (Å²) in [5.41, 5.74) is 0. The Morgan fingerprint density at radius 2 is 2.71 bits per heavy atom. The number of hydrogen-bond acceptors (Lipinski definition) is 3. The topological polar surface area (TPSA) is 52.5 Å². The summed E-state index contributed by atoms with van der Waals surface area (Å²) in [5, 5.41) is 0. The molecule has 0 aromatic heterocycles. The maximum Gasteiger partial charge on any atom is 0.230 e. The van der Waals surface area contributed by atoms with E-state index in [1.165, 1.54) is 0 Å². The van der Waals surface area contributed by atoms with Crippen LogP contribution in [0.3, 0.4) is 0 Å². The van der Waals surface area contributed by atoms with Crippen molar-refractivity contribution < 1.29 is 9.35 Å². The Morgan fingerprint density at radius 1 is 2.00 bits per heavy atom. The van der Waals surface area contributed by atoms with Crippen LogP contribution < -0.4 is 0 Å². The average molecular weight is 117 g/mol. The first kappa shape index (κ1) is 4.80. The lowest BCUT2D eigenvalue weighted by atomic mass is 10.5. The van der Waals surface area contributed by atoms with Crippen LogP contribution in [0.25, 0.3) is 0 Å². The van der Waals surface area contributed by atoms with Gasteiger partial charge in [0.1, 0.15) is 17.6 Å². The van der Waals surface area contributed by atoms with Crippen LogP contribution in [0.5, 0.6) is 0 Å². The molecule has 1 rings (SSSR count). The molecular weight excluding hydrogens is 114 g/mol. The van der Waals surface area contributed by atoms with Gasteiger partial charge < -0.3 is 4.55 Å². The van der Waals surface area contributed by atoms with Gasteiger partial charge in [-0.15, -0.1) is 0 Å². The third kappa shape index (κ3) is 1.01. The first-order chi connectivity index (χ1) is 3.29. The van der Waals surface area contributed by atoms with Crippen molar-refractivity contribution in [1.29, 1.82) is 0 Å². The van der Waals surface area contributed by atoms with Gasteiger partial charge >= 0.3 is 0 Å². The zero-order valence-corrected chi connectivity index (χ0v) is 4.27. The first-order valence-corrected chi connectivity index (χ1v) is 3.02. The molecule has 3 nitrogen and oxygen atoms in total. The molecule has 0 fully saturated rings. The normalized spacial score (nSPS) is 29.3. The lowest BCUT2D eigenvalue weighted by molar-refractivity contribution is -0.110. The zero-order valence-electron chi connectivity index (χ0n) is 3.46. The minimum absolute atomic E-state index is 0.0833. The molecule has 0 aromatic carbocycles. The van der Waals surface area contributed by atoms with E-state index >= 15 is 0 Å². The molecule has 0 radical (unpaired) electrons. The number of carbonyl (C=O) groups excluding carboxylic acids is 1. The highest BCUT2D eigenvalue weighted by Gasteiger charge is 2.17. The first-order valence-electron chi connectivity index (χ1n) is 1.74. The fourth-order valence-electron chi connectivity index (χ4n) is 0.314. The summed E-state index contributed by atoms with van der Waals surface area (Å²) in [6.07, 6.45) is 1.11. The van der Waals surface area contributed by atoms with Crippen LogP contribution in [0.4, 0.5) is 0 Å². The summed E-state index contributed by atoms with van der Waals surface area (Å²) in [7, 11) is 0. The third-order valence-electron chi connectivity index (χ3n) is 0.580. The van der Waals surface area contributed by atoms with Gasteiger partial charge in [0.05, 0.1) is 0 Å². The van der Waals surface area contributed by atoms with Crippen LogP contribution in [-0.4, -0.2) is 22.3 Å². The van der Waals surface area contributed by atoms with E-state index < -0.39 is 11.4 Å². The Labute approximate surface area is 43.7 Å². The van der Waals surface area contributed by atoms with E-state index in [2.05, 4.69) is 4.40 Å². The molecule has 0 aromatic rings. The Kier molecular flexibility index (Phi) is 1.12. The van der Waals surface area contributed by atoms with Gasteiger partial charge in [0, 0.05) is 0 Å². The highest BCUT2D eigenvalue weighted by molar-refractivity contribution is 7.91. The molecule has 4 heteroatoms. The van der Waals surface area contributed by atoms with Gasteiger partial charge in [-0.1, -0.05) is 4.40 Å². The Morgan fingerprint density at radius 3 is 2.86 bits per heavy atom. The van der Waals surface area contributed by atoms with Crippen LogP contribution >= 0.6 is 0 Å². The van der Waals surface area contributed by atoms with Crippen molar-refractivity contribution in [2.75, 3.05) is 5.75 Å². The zero-order chi connectivity index (χ0) is 5.28. The molecule has 1 aliphatic heterocycles. The summed E-state index contributed by atoms with van der Waals surface area (Å²) in [5.74, 6) is -0.0571. The third-order valence-corrected chi connectivity index (χ3v) is 1.45. The van der Waals surface area contributed by atoms with Crippen molar-refractivity contribution in [3.05, 3.63) is 0 Å². The quantitative estimate of drug-likeness (QED) is 0.394. The van der Waals surface area contributed by atoms with Gasteiger partial charge in [-0.3, -0.25) is 4.79 Å². The summed E-state index contributed by atoms with van der Waals surface area (Å²) in [4.78, 5) is 10.1. The molecule has 1 aliphatic rings. The van der Waals surface area contributed by atoms with Gasteiger partial charge in [0.2, 0.25) is 5.78 Å². The molecule has 0 amide bonds. The maximum atomic E-state index is 10.1. The van der Waals surface area contributed by atoms with Crippen LogP contribution in [0, 0.1) is 0 Å². The van der Waals surface area contributed by atoms with E-state index in [0.717, 1.165) is 6.21 Å². The van der Waals surface area contributed by atoms with Crippen molar-refractivity contribution in [3.63, 3.8) is 0 Å². The van der Waals surface area contributed by atoms with Gasteiger partial charge in [0.25, 0.3) is 0 Å². The number of rotatable bonds is 0. The van der Waals surface area contributed by atoms with E-state index in [-0.39, 0.29) is 11.5 Å².